The van der Waals surface area contributed by atoms with Crippen LogP contribution in [0.1, 0.15) is 51.9 Å². The molecule has 128 valence electrons. The quantitative estimate of drug-likeness (QED) is 0.689. The van der Waals surface area contributed by atoms with E-state index in [2.05, 4.69) is 17.0 Å². The minimum Gasteiger partial charge on any atom is -0.355 e. The first-order chi connectivity index (χ1) is 10.5. The Hall–Kier alpha value is -0.660. The zero-order valence-corrected chi connectivity index (χ0v) is 14.3. The van der Waals surface area contributed by atoms with Gasteiger partial charge in [-0.25, -0.2) is 4.72 Å². The summed E-state index contributed by atoms with van der Waals surface area (Å²) in [6.07, 6.45) is 7.33. The van der Waals surface area contributed by atoms with Gasteiger partial charge in [0.1, 0.15) is 0 Å². The molecule has 0 unspecified atom stereocenters. The van der Waals surface area contributed by atoms with Gasteiger partial charge in [0.25, 0.3) is 10.2 Å². The monoisotopic (exact) mass is 331 g/mol. The lowest BCUT2D eigenvalue weighted by atomic mass is 10.0. The molecule has 1 aliphatic carbocycles. The molecular formula is C15H29N3O3S. The average Bonchev–Trinajstić information content (AvgIpc) is 2.96. The van der Waals surface area contributed by atoms with E-state index in [-0.39, 0.29) is 12.5 Å². The van der Waals surface area contributed by atoms with E-state index in [1.807, 2.05) is 0 Å². The van der Waals surface area contributed by atoms with E-state index in [9.17, 15) is 13.2 Å². The molecular weight excluding hydrogens is 302 g/mol. The lowest BCUT2D eigenvalue weighted by Crippen LogP contribution is -2.47. The molecule has 0 radical (unpaired) electrons. The van der Waals surface area contributed by atoms with Crippen molar-refractivity contribution in [3.63, 3.8) is 0 Å². The third-order valence-electron chi connectivity index (χ3n) is 4.64. The third kappa shape index (κ3) is 5.52. The van der Waals surface area contributed by atoms with Gasteiger partial charge < -0.3 is 5.32 Å². The summed E-state index contributed by atoms with van der Waals surface area (Å²) >= 11 is 0. The Balaban J connectivity index is 1.63. The molecule has 1 atom stereocenters. The number of hydrogen-bond donors (Lipinski definition) is 2. The van der Waals surface area contributed by atoms with E-state index in [0.717, 1.165) is 25.7 Å². The summed E-state index contributed by atoms with van der Waals surface area (Å²) in [4.78, 5) is 11.8. The number of carbonyl (C=O) groups excluding carboxylic acids is 1. The highest BCUT2D eigenvalue weighted by atomic mass is 32.2. The molecule has 0 aromatic rings. The van der Waals surface area contributed by atoms with Crippen LogP contribution in [0.3, 0.4) is 0 Å². The molecule has 2 rings (SSSR count). The van der Waals surface area contributed by atoms with Gasteiger partial charge in [-0.3, -0.25) is 4.79 Å². The van der Waals surface area contributed by atoms with Crippen LogP contribution in [-0.2, 0) is 15.0 Å². The van der Waals surface area contributed by atoms with Gasteiger partial charge in [0.15, 0.2) is 0 Å². The number of rotatable bonds is 7. The van der Waals surface area contributed by atoms with Gasteiger partial charge in [-0.15, -0.1) is 0 Å². The lowest BCUT2D eigenvalue weighted by Gasteiger charge is -2.29. The van der Waals surface area contributed by atoms with Crippen molar-refractivity contribution in [2.24, 2.45) is 11.8 Å². The molecule has 1 amide bonds. The van der Waals surface area contributed by atoms with Crippen LogP contribution in [0.5, 0.6) is 0 Å². The first kappa shape index (κ1) is 17.7. The van der Waals surface area contributed by atoms with Crippen molar-refractivity contribution in [3.8, 4) is 0 Å². The van der Waals surface area contributed by atoms with Gasteiger partial charge in [-0.2, -0.15) is 12.7 Å². The fraction of sp³-hybridized carbons (Fsp3) is 0.933. The molecule has 7 heteroatoms. The number of hydrogen-bond acceptors (Lipinski definition) is 3. The predicted octanol–water partition coefficient (Wildman–Crippen LogP) is 1.25. The van der Waals surface area contributed by atoms with Crippen LogP contribution in [-0.4, -0.2) is 44.8 Å². The second-order valence-corrected chi connectivity index (χ2v) is 8.46. The van der Waals surface area contributed by atoms with Crippen molar-refractivity contribution in [3.05, 3.63) is 0 Å². The second kappa shape index (κ2) is 8.26. The van der Waals surface area contributed by atoms with Gasteiger partial charge in [0.05, 0.1) is 0 Å². The highest BCUT2D eigenvalue weighted by molar-refractivity contribution is 7.87. The molecule has 2 fully saturated rings. The largest absolute Gasteiger partial charge is 0.355 e. The number of carbonyl (C=O) groups is 1. The zero-order chi connectivity index (χ0) is 16.0. The SMILES string of the molecule is C[C@H]1CCCN(S(=O)(=O)NCCNC(=O)CC2CCCC2)C1. The zero-order valence-electron chi connectivity index (χ0n) is 13.5. The van der Waals surface area contributed by atoms with E-state index < -0.39 is 10.2 Å². The van der Waals surface area contributed by atoms with Gasteiger partial charge in [0.2, 0.25) is 5.91 Å². The second-order valence-electron chi connectivity index (χ2n) is 6.71. The highest BCUT2D eigenvalue weighted by Gasteiger charge is 2.26. The molecule has 6 nitrogen and oxygen atoms in total. The molecule has 0 bridgehead atoms. The molecule has 2 N–H and O–H groups in total. The summed E-state index contributed by atoms with van der Waals surface area (Å²) in [5.41, 5.74) is 0. The lowest BCUT2D eigenvalue weighted by molar-refractivity contribution is -0.121. The van der Waals surface area contributed by atoms with E-state index >= 15 is 0 Å². The third-order valence-corrected chi connectivity index (χ3v) is 6.22. The Morgan fingerprint density at radius 1 is 1.14 bits per heavy atom. The summed E-state index contributed by atoms with van der Waals surface area (Å²) in [5, 5.41) is 2.81. The van der Waals surface area contributed by atoms with Crippen LogP contribution in [0.4, 0.5) is 0 Å². The standard InChI is InChI=1S/C15H29N3O3S/c1-13-5-4-10-18(12-13)22(20,21)17-9-8-16-15(19)11-14-6-2-3-7-14/h13-14,17H,2-12H2,1H3,(H,16,19)/t13-/m0/s1. The molecule has 0 spiro atoms. The van der Waals surface area contributed by atoms with Crippen molar-refractivity contribution < 1.29 is 13.2 Å². The van der Waals surface area contributed by atoms with E-state index in [1.54, 1.807) is 0 Å². The summed E-state index contributed by atoms with van der Waals surface area (Å²) in [5.74, 6) is 0.973. The normalized spacial score (nSPS) is 24.5. The van der Waals surface area contributed by atoms with Gasteiger partial charge >= 0.3 is 0 Å². The summed E-state index contributed by atoms with van der Waals surface area (Å²) in [7, 11) is -3.40. The van der Waals surface area contributed by atoms with Crippen molar-refractivity contribution in [1.29, 1.82) is 0 Å². The summed E-state index contributed by atoms with van der Waals surface area (Å²) in [6, 6.07) is 0. The van der Waals surface area contributed by atoms with Crippen LogP contribution in [0.25, 0.3) is 0 Å². The van der Waals surface area contributed by atoms with Crippen LogP contribution < -0.4 is 10.0 Å². The fourth-order valence-electron chi connectivity index (χ4n) is 3.39. The maximum absolute atomic E-state index is 12.2. The molecule has 0 aromatic carbocycles. The predicted molar refractivity (Wildman–Crippen MR) is 86.5 cm³/mol. The smallest absolute Gasteiger partial charge is 0.279 e. The van der Waals surface area contributed by atoms with Crippen molar-refractivity contribution in [1.82, 2.24) is 14.3 Å². The van der Waals surface area contributed by atoms with Crippen molar-refractivity contribution >= 4 is 16.1 Å². The topological polar surface area (TPSA) is 78.5 Å². The Bertz CT molecular complexity index is 461. The number of nitrogens with one attached hydrogen (secondary N) is 2. The fourth-order valence-corrected chi connectivity index (χ4v) is 4.75. The molecule has 1 aliphatic heterocycles. The van der Waals surface area contributed by atoms with Gasteiger partial charge in [-0.05, 0) is 37.5 Å². The minimum atomic E-state index is -3.40. The van der Waals surface area contributed by atoms with Gasteiger partial charge in [-0.1, -0.05) is 19.8 Å². The van der Waals surface area contributed by atoms with Crippen LogP contribution in [0, 0.1) is 11.8 Å². The minimum absolute atomic E-state index is 0.0395. The Morgan fingerprint density at radius 3 is 2.55 bits per heavy atom. The number of piperidine rings is 1. The maximum atomic E-state index is 12.2. The van der Waals surface area contributed by atoms with E-state index in [0.29, 0.717) is 37.9 Å². The molecule has 22 heavy (non-hydrogen) atoms. The summed E-state index contributed by atoms with van der Waals surface area (Å²) in [6.45, 7) is 3.86. The van der Waals surface area contributed by atoms with Crippen LogP contribution in [0.15, 0.2) is 0 Å². The molecule has 2 aliphatic rings. The Kier molecular flexibility index (Phi) is 6.65. The average molecular weight is 331 g/mol. The maximum Gasteiger partial charge on any atom is 0.279 e. The van der Waals surface area contributed by atoms with Gasteiger partial charge in [0, 0.05) is 32.6 Å². The van der Waals surface area contributed by atoms with Crippen molar-refractivity contribution in [2.75, 3.05) is 26.2 Å². The van der Waals surface area contributed by atoms with Crippen LogP contribution in [0.2, 0.25) is 0 Å². The Labute approximate surface area is 134 Å². The highest BCUT2D eigenvalue weighted by Crippen LogP contribution is 2.27. The van der Waals surface area contributed by atoms with Crippen molar-refractivity contribution in [2.45, 2.75) is 51.9 Å². The number of amides is 1. The van der Waals surface area contributed by atoms with E-state index in [4.69, 9.17) is 0 Å². The number of nitrogens with zero attached hydrogens (tertiary/aromatic N) is 1. The molecule has 1 saturated carbocycles. The van der Waals surface area contributed by atoms with Crippen LogP contribution >= 0.6 is 0 Å². The molecule has 1 saturated heterocycles. The molecule has 0 aromatic heterocycles. The summed E-state index contributed by atoms with van der Waals surface area (Å²) < 4.78 is 28.4. The molecule has 1 heterocycles. The first-order valence-electron chi connectivity index (χ1n) is 8.49. The first-order valence-corrected chi connectivity index (χ1v) is 9.93. The Morgan fingerprint density at radius 2 is 1.86 bits per heavy atom. The van der Waals surface area contributed by atoms with E-state index in [1.165, 1.54) is 17.1 Å².